The van der Waals surface area contributed by atoms with Crippen LogP contribution in [-0.2, 0) is 0 Å². The fourth-order valence-corrected chi connectivity index (χ4v) is 2.44. The van der Waals surface area contributed by atoms with Crippen molar-refractivity contribution in [2.75, 3.05) is 26.2 Å². The van der Waals surface area contributed by atoms with Gasteiger partial charge in [0.25, 0.3) is 0 Å². The van der Waals surface area contributed by atoms with Crippen LogP contribution < -0.4 is 10.5 Å². The molecule has 19 heavy (non-hydrogen) atoms. The fourth-order valence-electron chi connectivity index (χ4n) is 2.32. The molecule has 1 aliphatic heterocycles. The van der Waals surface area contributed by atoms with Crippen LogP contribution in [0.5, 0.6) is 5.75 Å². The molecule has 108 valence electrons. The van der Waals surface area contributed by atoms with Gasteiger partial charge in [-0.15, -0.1) is 12.4 Å². The van der Waals surface area contributed by atoms with Gasteiger partial charge in [0.05, 0.1) is 0 Å². The third-order valence-electron chi connectivity index (χ3n) is 3.54. The van der Waals surface area contributed by atoms with Gasteiger partial charge in [0.2, 0.25) is 0 Å². The predicted molar refractivity (Wildman–Crippen MR) is 82.4 cm³/mol. The van der Waals surface area contributed by atoms with Crippen molar-refractivity contribution in [3.05, 3.63) is 29.3 Å². The van der Waals surface area contributed by atoms with E-state index in [0.717, 1.165) is 30.4 Å². The second-order valence-corrected chi connectivity index (χ2v) is 5.45. The zero-order valence-corrected chi connectivity index (χ0v) is 12.8. The summed E-state index contributed by atoms with van der Waals surface area (Å²) < 4.78 is 5.69. The van der Waals surface area contributed by atoms with Crippen LogP contribution in [0.1, 0.15) is 13.3 Å². The lowest BCUT2D eigenvalue weighted by atomic mass is 10.0. The Morgan fingerprint density at radius 1 is 1.42 bits per heavy atom. The van der Waals surface area contributed by atoms with E-state index < -0.39 is 0 Å². The monoisotopic (exact) mass is 304 g/mol. The number of ether oxygens (including phenoxy) is 1. The molecule has 5 heteroatoms. The molecular weight excluding hydrogens is 283 g/mol. The van der Waals surface area contributed by atoms with E-state index in [1.165, 1.54) is 6.42 Å². The van der Waals surface area contributed by atoms with Crippen LogP contribution in [0.4, 0.5) is 0 Å². The molecule has 0 radical (unpaired) electrons. The maximum absolute atomic E-state index is 5.92. The molecule has 2 N–H and O–H groups in total. The quantitative estimate of drug-likeness (QED) is 0.909. The van der Waals surface area contributed by atoms with E-state index in [1.54, 1.807) is 0 Å². The molecule has 2 unspecified atom stereocenters. The summed E-state index contributed by atoms with van der Waals surface area (Å²) in [6, 6.07) is 7.79. The molecule has 0 saturated carbocycles. The molecule has 1 fully saturated rings. The molecule has 0 spiro atoms. The SMILES string of the molecule is CC(N)C1CCN(CCOc2ccc(Cl)cc2)C1.Cl. The maximum atomic E-state index is 5.92. The Balaban J connectivity index is 0.00000180. The summed E-state index contributed by atoms with van der Waals surface area (Å²) in [6.07, 6.45) is 1.21. The molecule has 1 heterocycles. The average molecular weight is 305 g/mol. The Bertz CT molecular complexity index is 370. The van der Waals surface area contributed by atoms with E-state index in [0.29, 0.717) is 18.6 Å². The highest BCUT2D eigenvalue weighted by Gasteiger charge is 2.24. The summed E-state index contributed by atoms with van der Waals surface area (Å²) in [4.78, 5) is 2.42. The van der Waals surface area contributed by atoms with Gasteiger partial charge in [-0.05, 0) is 50.1 Å². The van der Waals surface area contributed by atoms with Crippen LogP contribution in [0.2, 0.25) is 5.02 Å². The first-order chi connectivity index (χ1) is 8.65. The predicted octanol–water partition coefficient (Wildman–Crippen LogP) is 2.81. The van der Waals surface area contributed by atoms with Crippen LogP contribution in [-0.4, -0.2) is 37.2 Å². The largest absolute Gasteiger partial charge is 0.492 e. The van der Waals surface area contributed by atoms with Crippen molar-refractivity contribution in [3.63, 3.8) is 0 Å². The Labute approximate surface area is 126 Å². The van der Waals surface area contributed by atoms with Gasteiger partial charge in [-0.1, -0.05) is 11.6 Å². The molecule has 1 aromatic carbocycles. The number of benzene rings is 1. The number of hydrogen-bond donors (Lipinski definition) is 1. The van der Waals surface area contributed by atoms with E-state index in [4.69, 9.17) is 22.1 Å². The molecule has 0 aromatic heterocycles. The molecule has 0 amide bonds. The fraction of sp³-hybridized carbons (Fsp3) is 0.571. The van der Waals surface area contributed by atoms with E-state index in [9.17, 15) is 0 Å². The smallest absolute Gasteiger partial charge is 0.119 e. The third kappa shape index (κ3) is 5.19. The highest BCUT2D eigenvalue weighted by molar-refractivity contribution is 6.30. The molecule has 3 nitrogen and oxygen atoms in total. The van der Waals surface area contributed by atoms with Crippen molar-refractivity contribution in [2.24, 2.45) is 11.7 Å². The molecule has 2 atom stereocenters. The van der Waals surface area contributed by atoms with Crippen LogP contribution in [0, 0.1) is 5.92 Å². The van der Waals surface area contributed by atoms with Gasteiger partial charge in [0.15, 0.2) is 0 Å². The molecule has 0 aliphatic carbocycles. The first-order valence-corrected chi connectivity index (χ1v) is 6.89. The Kier molecular flexibility index (Phi) is 6.94. The van der Waals surface area contributed by atoms with Gasteiger partial charge < -0.3 is 10.5 Å². The number of rotatable bonds is 5. The normalized spacial score (nSPS) is 20.9. The van der Waals surface area contributed by atoms with Crippen LogP contribution in [0.25, 0.3) is 0 Å². The van der Waals surface area contributed by atoms with E-state index in [2.05, 4.69) is 11.8 Å². The minimum absolute atomic E-state index is 0. The summed E-state index contributed by atoms with van der Waals surface area (Å²) in [5.41, 5.74) is 5.92. The lowest BCUT2D eigenvalue weighted by molar-refractivity contribution is 0.230. The van der Waals surface area contributed by atoms with Gasteiger partial charge in [-0.2, -0.15) is 0 Å². The minimum Gasteiger partial charge on any atom is -0.492 e. The van der Waals surface area contributed by atoms with Gasteiger partial charge in [0, 0.05) is 24.2 Å². The Morgan fingerprint density at radius 2 is 2.11 bits per heavy atom. The van der Waals surface area contributed by atoms with Gasteiger partial charge in [-0.25, -0.2) is 0 Å². The first kappa shape index (κ1) is 16.6. The Morgan fingerprint density at radius 3 is 2.68 bits per heavy atom. The van der Waals surface area contributed by atoms with Crippen molar-refractivity contribution in [2.45, 2.75) is 19.4 Å². The zero-order valence-electron chi connectivity index (χ0n) is 11.2. The number of hydrogen-bond acceptors (Lipinski definition) is 3. The van der Waals surface area contributed by atoms with Crippen molar-refractivity contribution in [3.8, 4) is 5.75 Å². The third-order valence-corrected chi connectivity index (χ3v) is 3.79. The number of halogens is 2. The molecule has 1 aliphatic rings. The molecule has 2 rings (SSSR count). The average Bonchev–Trinajstić information content (AvgIpc) is 2.81. The summed E-state index contributed by atoms with van der Waals surface area (Å²) in [5, 5.41) is 0.738. The van der Waals surface area contributed by atoms with Crippen molar-refractivity contribution >= 4 is 24.0 Å². The minimum atomic E-state index is 0. The van der Waals surface area contributed by atoms with E-state index in [1.807, 2.05) is 24.3 Å². The van der Waals surface area contributed by atoms with Crippen molar-refractivity contribution in [1.82, 2.24) is 4.90 Å². The molecule has 1 aromatic rings. The molecular formula is C14H22Cl2N2O. The van der Waals surface area contributed by atoms with Crippen molar-refractivity contribution in [1.29, 1.82) is 0 Å². The summed E-state index contributed by atoms with van der Waals surface area (Å²) in [6.45, 7) is 6.01. The highest BCUT2D eigenvalue weighted by Crippen LogP contribution is 2.19. The van der Waals surface area contributed by atoms with Gasteiger partial charge >= 0.3 is 0 Å². The van der Waals surface area contributed by atoms with Crippen LogP contribution in [0.3, 0.4) is 0 Å². The van der Waals surface area contributed by atoms with E-state index in [-0.39, 0.29) is 12.4 Å². The summed E-state index contributed by atoms with van der Waals surface area (Å²) >= 11 is 5.82. The standard InChI is InChI=1S/C14H21ClN2O.ClH/c1-11(16)12-6-7-17(10-12)8-9-18-14-4-2-13(15)3-5-14;/h2-5,11-12H,6-10,16H2,1H3;1H. The van der Waals surface area contributed by atoms with Crippen molar-refractivity contribution < 1.29 is 4.74 Å². The zero-order chi connectivity index (χ0) is 13.0. The molecule has 1 saturated heterocycles. The van der Waals surface area contributed by atoms with E-state index >= 15 is 0 Å². The van der Waals surface area contributed by atoms with Crippen LogP contribution in [0.15, 0.2) is 24.3 Å². The highest BCUT2D eigenvalue weighted by atomic mass is 35.5. The summed E-state index contributed by atoms with van der Waals surface area (Å²) in [7, 11) is 0. The van der Waals surface area contributed by atoms with Crippen LogP contribution >= 0.6 is 24.0 Å². The number of nitrogens with two attached hydrogens (primary N) is 1. The van der Waals surface area contributed by atoms with Gasteiger partial charge in [-0.3, -0.25) is 4.90 Å². The second-order valence-electron chi connectivity index (χ2n) is 5.01. The lowest BCUT2D eigenvalue weighted by Crippen LogP contribution is -2.31. The second kappa shape index (κ2) is 7.95. The maximum Gasteiger partial charge on any atom is 0.119 e. The first-order valence-electron chi connectivity index (χ1n) is 6.51. The van der Waals surface area contributed by atoms with Gasteiger partial charge in [0.1, 0.15) is 12.4 Å². The molecule has 0 bridgehead atoms. The number of nitrogens with zero attached hydrogens (tertiary/aromatic N) is 1. The summed E-state index contributed by atoms with van der Waals surface area (Å²) in [5.74, 6) is 1.52. The lowest BCUT2D eigenvalue weighted by Gasteiger charge is -2.17. The Hall–Kier alpha value is -0.480. The number of likely N-dealkylation sites (tertiary alicyclic amines) is 1. The topological polar surface area (TPSA) is 38.5 Å².